The molecule has 2 unspecified atom stereocenters. The fraction of sp³-hybridized carbons (Fsp3) is 0.474. The zero-order chi connectivity index (χ0) is 18.5. The normalized spacial score (nSPS) is 18.6. The van der Waals surface area contributed by atoms with Gasteiger partial charge in [-0.15, -0.1) is 0 Å². The van der Waals surface area contributed by atoms with E-state index < -0.39 is 12.0 Å². The van der Waals surface area contributed by atoms with Crippen molar-refractivity contribution in [1.29, 1.82) is 0 Å². The summed E-state index contributed by atoms with van der Waals surface area (Å²) >= 11 is 0. The van der Waals surface area contributed by atoms with Crippen LogP contribution < -0.4 is 5.32 Å². The van der Waals surface area contributed by atoms with Gasteiger partial charge in [-0.3, -0.25) is 4.79 Å². The van der Waals surface area contributed by atoms with Crippen molar-refractivity contribution in [1.82, 2.24) is 10.3 Å². The van der Waals surface area contributed by atoms with Gasteiger partial charge in [0, 0.05) is 36.5 Å². The number of amides is 1. The van der Waals surface area contributed by atoms with Crippen LogP contribution in [0.3, 0.4) is 0 Å². The van der Waals surface area contributed by atoms with Crippen LogP contribution in [0.1, 0.15) is 37.7 Å². The molecule has 0 aliphatic carbocycles. The van der Waals surface area contributed by atoms with Crippen molar-refractivity contribution in [3.63, 3.8) is 0 Å². The minimum Gasteiger partial charge on any atom is -0.480 e. The molecule has 1 saturated heterocycles. The van der Waals surface area contributed by atoms with E-state index in [1.54, 1.807) is 12.3 Å². The third-order valence-electron chi connectivity index (χ3n) is 4.75. The van der Waals surface area contributed by atoms with Crippen molar-refractivity contribution < 1.29 is 23.8 Å². The predicted octanol–water partition coefficient (Wildman–Crippen LogP) is 2.77. The highest BCUT2D eigenvalue weighted by atomic mass is 19.1. The molecule has 2 aromatic rings. The van der Waals surface area contributed by atoms with E-state index in [4.69, 9.17) is 4.74 Å². The summed E-state index contributed by atoms with van der Waals surface area (Å²) < 4.78 is 18.9. The maximum atomic E-state index is 13.3. The van der Waals surface area contributed by atoms with E-state index in [1.165, 1.54) is 12.1 Å². The number of benzene rings is 1. The Hall–Kier alpha value is -2.41. The first kappa shape index (κ1) is 18.4. The first-order valence-electron chi connectivity index (χ1n) is 8.92. The molecule has 0 radical (unpaired) electrons. The molecule has 7 heteroatoms. The van der Waals surface area contributed by atoms with Crippen molar-refractivity contribution >= 4 is 22.8 Å². The molecule has 2 atom stereocenters. The monoisotopic (exact) mass is 362 g/mol. The molecule has 3 N–H and O–H groups in total. The minimum atomic E-state index is -1.09. The number of aromatic nitrogens is 1. The van der Waals surface area contributed by atoms with E-state index in [0.29, 0.717) is 11.9 Å². The molecule has 0 spiro atoms. The van der Waals surface area contributed by atoms with Gasteiger partial charge in [-0.2, -0.15) is 0 Å². The maximum Gasteiger partial charge on any atom is 0.326 e. The van der Waals surface area contributed by atoms with Crippen LogP contribution in [0.2, 0.25) is 0 Å². The molecule has 1 aliphatic rings. The van der Waals surface area contributed by atoms with E-state index >= 15 is 0 Å². The average Bonchev–Trinajstić information content (AvgIpc) is 3.02. The van der Waals surface area contributed by atoms with E-state index in [2.05, 4.69) is 10.3 Å². The second-order valence-corrected chi connectivity index (χ2v) is 6.69. The summed E-state index contributed by atoms with van der Waals surface area (Å²) in [5.41, 5.74) is 1.33. The lowest BCUT2D eigenvalue weighted by Crippen LogP contribution is -2.42. The third kappa shape index (κ3) is 4.60. The number of rotatable bonds is 7. The smallest absolute Gasteiger partial charge is 0.326 e. The SMILES string of the molecule is O=C(CCC1CCCCO1)NC(Cc1c[nH]c2cc(F)ccc12)C(=O)O. The van der Waals surface area contributed by atoms with Gasteiger partial charge in [-0.1, -0.05) is 0 Å². The van der Waals surface area contributed by atoms with Gasteiger partial charge >= 0.3 is 5.97 Å². The van der Waals surface area contributed by atoms with Crippen LogP contribution in [0.5, 0.6) is 0 Å². The molecule has 140 valence electrons. The molecule has 3 rings (SSSR count). The molecule has 0 saturated carbocycles. The zero-order valence-corrected chi connectivity index (χ0v) is 14.5. The van der Waals surface area contributed by atoms with Crippen molar-refractivity contribution in [3.05, 3.63) is 35.8 Å². The molecule has 1 fully saturated rings. The largest absolute Gasteiger partial charge is 0.480 e. The van der Waals surface area contributed by atoms with Gasteiger partial charge < -0.3 is 20.1 Å². The fourth-order valence-corrected chi connectivity index (χ4v) is 3.34. The summed E-state index contributed by atoms with van der Waals surface area (Å²) in [5.74, 6) is -1.75. The number of carbonyl (C=O) groups excluding carboxylic acids is 1. The number of carbonyl (C=O) groups is 2. The van der Waals surface area contributed by atoms with Gasteiger partial charge in [0.05, 0.1) is 6.10 Å². The quantitative estimate of drug-likeness (QED) is 0.706. The van der Waals surface area contributed by atoms with Gasteiger partial charge in [0.2, 0.25) is 5.91 Å². The fourth-order valence-electron chi connectivity index (χ4n) is 3.34. The Morgan fingerprint density at radius 3 is 2.96 bits per heavy atom. The maximum absolute atomic E-state index is 13.3. The number of aromatic amines is 1. The molecule has 1 aromatic carbocycles. The standard InChI is InChI=1S/C19H23FN2O4/c20-13-4-6-15-12(11-21-16(15)10-13)9-17(19(24)25)22-18(23)7-5-14-3-1-2-8-26-14/h4,6,10-11,14,17,21H,1-3,5,7-9H2,(H,22,23)(H,24,25). The zero-order valence-electron chi connectivity index (χ0n) is 14.5. The second kappa shape index (κ2) is 8.31. The van der Waals surface area contributed by atoms with Crippen LogP contribution in [0.15, 0.2) is 24.4 Å². The van der Waals surface area contributed by atoms with E-state index in [-0.39, 0.29) is 30.7 Å². The van der Waals surface area contributed by atoms with E-state index in [0.717, 1.165) is 36.8 Å². The van der Waals surface area contributed by atoms with Crippen molar-refractivity contribution in [2.45, 2.75) is 50.7 Å². The predicted molar refractivity (Wildman–Crippen MR) is 94.4 cm³/mol. The Kier molecular flexibility index (Phi) is 5.88. The second-order valence-electron chi connectivity index (χ2n) is 6.69. The molecular weight excluding hydrogens is 339 g/mol. The van der Waals surface area contributed by atoms with E-state index in [1.807, 2.05) is 0 Å². The number of nitrogens with one attached hydrogen (secondary N) is 2. The molecule has 1 aliphatic heterocycles. The number of hydrogen-bond donors (Lipinski definition) is 3. The van der Waals surface area contributed by atoms with Crippen molar-refractivity contribution in [3.8, 4) is 0 Å². The summed E-state index contributed by atoms with van der Waals surface area (Å²) in [7, 11) is 0. The number of carboxylic acid groups (broad SMARTS) is 1. The average molecular weight is 362 g/mol. The van der Waals surface area contributed by atoms with Crippen LogP contribution in [0, 0.1) is 5.82 Å². The number of fused-ring (bicyclic) bond motifs is 1. The summed E-state index contributed by atoms with van der Waals surface area (Å²) in [5, 5.41) is 12.8. The topological polar surface area (TPSA) is 91.4 Å². The van der Waals surface area contributed by atoms with Gasteiger partial charge in [0.15, 0.2) is 0 Å². The first-order chi connectivity index (χ1) is 12.5. The van der Waals surface area contributed by atoms with Crippen molar-refractivity contribution in [2.75, 3.05) is 6.61 Å². The van der Waals surface area contributed by atoms with Gasteiger partial charge in [-0.25, -0.2) is 9.18 Å². The van der Waals surface area contributed by atoms with Crippen molar-refractivity contribution in [2.24, 2.45) is 0 Å². The minimum absolute atomic E-state index is 0.0845. The molecule has 1 amide bonds. The molecule has 26 heavy (non-hydrogen) atoms. The van der Waals surface area contributed by atoms with Crippen LogP contribution in [-0.2, 0) is 20.7 Å². The highest BCUT2D eigenvalue weighted by Crippen LogP contribution is 2.21. The van der Waals surface area contributed by atoms with Gasteiger partial charge in [0.1, 0.15) is 11.9 Å². The van der Waals surface area contributed by atoms with Gasteiger partial charge in [0.25, 0.3) is 0 Å². The third-order valence-corrected chi connectivity index (χ3v) is 4.75. The number of H-pyrrole nitrogens is 1. The van der Waals surface area contributed by atoms with Gasteiger partial charge in [-0.05, 0) is 49.4 Å². The van der Waals surface area contributed by atoms with Crippen LogP contribution in [-0.4, -0.2) is 40.7 Å². The molecular formula is C19H23FN2O4. The molecule has 2 heterocycles. The summed E-state index contributed by atoms with van der Waals surface area (Å²) in [6.07, 6.45) is 5.82. The lowest BCUT2D eigenvalue weighted by Gasteiger charge is -2.22. The number of aliphatic carboxylic acids is 1. The Bertz CT molecular complexity index is 783. The number of hydrogen-bond acceptors (Lipinski definition) is 3. The lowest BCUT2D eigenvalue weighted by molar-refractivity contribution is -0.141. The van der Waals surface area contributed by atoms with Crippen LogP contribution in [0.25, 0.3) is 10.9 Å². The number of ether oxygens (including phenoxy) is 1. The first-order valence-corrected chi connectivity index (χ1v) is 8.92. The molecule has 6 nitrogen and oxygen atoms in total. The Morgan fingerprint density at radius 1 is 1.38 bits per heavy atom. The molecule has 0 bridgehead atoms. The highest BCUT2D eigenvalue weighted by molar-refractivity contribution is 5.86. The summed E-state index contributed by atoms with van der Waals surface area (Å²) in [4.78, 5) is 26.6. The molecule has 1 aromatic heterocycles. The summed E-state index contributed by atoms with van der Waals surface area (Å²) in [6.45, 7) is 0.727. The van der Waals surface area contributed by atoms with Crippen LogP contribution in [0.4, 0.5) is 4.39 Å². The van der Waals surface area contributed by atoms with E-state index in [9.17, 15) is 19.1 Å². The Balaban J connectivity index is 1.59. The Labute approximate surface area is 150 Å². The number of carboxylic acids is 1. The Morgan fingerprint density at radius 2 is 2.23 bits per heavy atom. The summed E-state index contributed by atoms with van der Waals surface area (Å²) in [6, 6.07) is 3.27. The van der Waals surface area contributed by atoms with Crippen LogP contribution >= 0.6 is 0 Å². The lowest BCUT2D eigenvalue weighted by atomic mass is 10.0. The number of halogens is 1. The highest BCUT2D eigenvalue weighted by Gasteiger charge is 2.23.